The minimum Gasteiger partial charge on any atom is -0.492 e. The third-order valence-electron chi connectivity index (χ3n) is 15.2. The molecule has 2 aromatic heterocycles. The van der Waals surface area contributed by atoms with Crippen molar-refractivity contribution in [3.8, 4) is 5.75 Å². The molecule has 1 atom stereocenters. The van der Waals surface area contributed by atoms with Crippen LogP contribution in [-0.4, -0.2) is 184 Å². The molecule has 5 aliphatic heterocycles. The fourth-order valence-electron chi connectivity index (χ4n) is 11.1. The minimum atomic E-state index is -0.589. The zero-order valence-electron chi connectivity index (χ0n) is 40.0. The van der Waals surface area contributed by atoms with Crippen LogP contribution in [-0.2, 0) is 29.1 Å². The summed E-state index contributed by atoms with van der Waals surface area (Å²) < 4.78 is 21.4. The molecule has 10 rings (SSSR count). The average molecular weight is 954 g/mol. The largest absolute Gasteiger partial charge is 0.492 e. The van der Waals surface area contributed by atoms with Gasteiger partial charge in [0.25, 0.3) is 11.5 Å². The third-order valence-corrected chi connectivity index (χ3v) is 15.2. The number of rotatable bonds is 14. The Labute approximate surface area is 408 Å². The second-order valence-corrected chi connectivity index (χ2v) is 19.8. The van der Waals surface area contributed by atoms with E-state index in [4.69, 9.17) is 4.74 Å². The molecule has 70 heavy (non-hydrogen) atoms. The number of hydrogen-bond donors (Lipinski definition) is 1. The van der Waals surface area contributed by atoms with E-state index in [1.54, 1.807) is 35.5 Å². The third kappa shape index (κ3) is 11.4. The van der Waals surface area contributed by atoms with Crippen molar-refractivity contribution in [2.45, 2.75) is 51.1 Å². The summed E-state index contributed by atoms with van der Waals surface area (Å²) in [6.45, 7) is 13.8. The van der Waals surface area contributed by atoms with Crippen molar-refractivity contribution in [1.82, 2.24) is 54.5 Å². The Morgan fingerprint density at radius 2 is 1.49 bits per heavy atom. The number of benzene rings is 3. The van der Waals surface area contributed by atoms with E-state index < -0.39 is 11.7 Å². The molecule has 4 saturated heterocycles. The van der Waals surface area contributed by atoms with Gasteiger partial charge in [0.05, 0.1) is 35.4 Å². The molecular weight excluding hydrogens is 890 g/mol. The topological polar surface area (TPSA) is 155 Å². The van der Waals surface area contributed by atoms with Crippen molar-refractivity contribution in [3.05, 3.63) is 129 Å². The van der Waals surface area contributed by atoms with Crippen molar-refractivity contribution in [2.24, 2.45) is 5.92 Å². The number of piperidine rings is 2. The van der Waals surface area contributed by atoms with Crippen LogP contribution >= 0.6 is 0 Å². The Morgan fingerprint density at radius 1 is 0.729 bits per heavy atom. The summed E-state index contributed by atoms with van der Waals surface area (Å²) >= 11 is 0. The van der Waals surface area contributed by atoms with Gasteiger partial charge in [-0.2, -0.15) is 5.10 Å². The molecule has 0 unspecified atom stereocenters. The number of fused-ring (bicyclic) bond motifs is 2. The lowest BCUT2D eigenvalue weighted by Gasteiger charge is -2.39. The summed E-state index contributed by atoms with van der Waals surface area (Å²) in [6.07, 6.45) is 7.96. The van der Waals surface area contributed by atoms with E-state index >= 15 is 4.39 Å². The molecule has 0 radical (unpaired) electrons. The number of likely N-dealkylation sites (tertiary alicyclic amines) is 2. The van der Waals surface area contributed by atoms with E-state index in [1.165, 1.54) is 11.6 Å². The summed E-state index contributed by atoms with van der Waals surface area (Å²) in [6, 6.07) is 20.2. The number of ether oxygens (including phenoxy) is 1. The Morgan fingerprint density at radius 3 is 2.30 bits per heavy atom. The van der Waals surface area contributed by atoms with Gasteiger partial charge >= 0.3 is 0 Å². The summed E-state index contributed by atoms with van der Waals surface area (Å²) in [4.78, 5) is 76.1. The lowest BCUT2D eigenvalue weighted by molar-refractivity contribution is -0.134. The monoisotopic (exact) mass is 954 g/mol. The molecule has 1 N–H and O–H groups in total. The molecule has 0 spiro atoms. The summed E-state index contributed by atoms with van der Waals surface area (Å²) in [7, 11) is 0. The Bertz CT molecular complexity index is 2690. The highest BCUT2D eigenvalue weighted by Crippen LogP contribution is 2.30. The number of aromatic nitrogens is 4. The zero-order valence-corrected chi connectivity index (χ0v) is 40.0. The first-order valence-corrected chi connectivity index (χ1v) is 25.2. The van der Waals surface area contributed by atoms with E-state index in [0.29, 0.717) is 92.7 Å². The fraction of sp³-hybridized carbons (Fsp3) is 0.491. The normalized spacial score (nSPS) is 20.0. The summed E-state index contributed by atoms with van der Waals surface area (Å²) in [5.41, 5.74) is 4.44. The summed E-state index contributed by atoms with van der Waals surface area (Å²) in [5, 5.41) is 8.02. The van der Waals surface area contributed by atoms with E-state index in [-0.39, 0.29) is 22.9 Å². The molecule has 3 aromatic carbocycles. The number of halogens is 1. The molecule has 368 valence electrons. The van der Waals surface area contributed by atoms with Crippen LogP contribution in [0.4, 0.5) is 4.39 Å². The lowest BCUT2D eigenvalue weighted by atomic mass is 9.90. The summed E-state index contributed by atoms with van der Waals surface area (Å²) in [5.74, 6) is 1.08. The Hall–Kier alpha value is -6.14. The number of piperazine rings is 2. The van der Waals surface area contributed by atoms with Crippen molar-refractivity contribution in [1.29, 1.82) is 0 Å². The van der Waals surface area contributed by atoms with E-state index in [0.717, 1.165) is 115 Å². The van der Waals surface area contributed by atoms with Gasteiger partial charge in [-0.15, -0.1) is 0 Å². The fourth-order valence-corrected chi connectivity index (χ4v) is 11.1. The van der Waals surface area contributed by atoms with Crippen LogP contribution in [0.15, 0.2) is 84.0 Å². The first kappa shape index (κ1) is 47.5. The van der Waals surface area contributed by atoms with E-state index in [1.807, 2.05) is 34.2 Å². The maximum Gasteiger partial charge on any atom is 0.272 e. The predicted octanol–water partition coefficient (Wildman–Crippen LogP) is 3.86. The zero-order chi connectivity index (χ0) is 48.0. The molecule has 17 heteroatoms. The molecule has 5 aliphatic rings. The highest BCUT2D eigenvalue weighted by molar-refractivity contribution is 5.95. The molecule has 5 aromatic rings. The van der Waals surface area contributed by atoms with Gasteiger partial charge in [0.2, 0.25) is 11.8 Å². The maximum atomic E-state index is 15.1. The lowest BCUT2D eigenvalue weighted by Crippen LogP contribution is -2.53. The smallest absolute Gasteiger partial charge is 0.272 e. The highest BCUT2D eigenvalue weighted by Gasteiger charge is 2.31. The molecule has 16 nitrogen and oxygen atoms in total. The van der Waals surface area contributed by atoms with Crippen LogP contribution < -0.4 is 10.3 Å². The first-order chi connectivity index (χ1) is 34.2. The van der Waals surface area contributed by atoms with E-state index in [2.05, 4.69) is 58.0 Å². The number of carbonyl (C=O) groups excluding carboxylic acids is 3. The van der Waals surface area contributed by atoms with Gasteiger partial charge in [-0.05, 0) is 86.1 Å². The Balaban J connectivity index is 0.600. The van der Waals surface area contributed by atoms with Gasteiger partial charge in [-0.1, -0.05) is 36.4 Å². The van der Waals surface area contributed by atoms with Gasteiger partial charge in [-0.25, -0.2) is 19.5 Å². The van der Waals surface area contributed by atoms with Crippen LogP contribution in [0.5, 0.6) is 5.75 Å². The molecule has 3 amide bonds. The number of nitrogens with one attached hydrogen (secondary N) is 1. The number of amides is 3. The average Bonchev–Trinajstić information content (AvgIpc) is 3.81. The Kier molecular flexibility index (Phi) is 14.9. The van der Waals surface area contributed by atoms with Gasteiger partial charge in [-0.3, -0.25) is 33.9 Å². The number of carbonyl (C=O) groups is 3. The van der Waals surface area contributed by atoms with Crippen molar-refractivity contribution in [2.75, 3.05) is 111 Å². The minimum absolute atomic E-state index is 0.00417. The molecule has 0 saturated carbocycles. The van der Waals surface area contributed by atoms with Crippen LogP contribution in [0.25, 0.3) is 10.8 Å². The molecule has 4 fully saturated rings. The number of aromatic amines is 1. The molecular formula is C53H64FN11O5. The molecule has 7 heterocycles. The number of H-pyrrole nitrogens is 1. The second-order valence-electron chi connectivity index (χ2n) is 19.8. The predicted molar refractivity (Wildman–Crippen MR) is 263 cm³/mol. The number of hydrogen-bond acceptors (Lipinski definition) is 12. The van der Waals surface area contributed by atoms with E-state index in [9.17, 15) is 19.2 Å². The van der Waals surface area contributed by atoms with Crippen molar-refractivity contribution >= 4 is 28.5 Å². The standard InChI is InChI=1S/C53H64FN11O5/c54-47-11-10-39(28-48-44-8-1-2-9-45(44)52(68)58-57-48)27-46(47)53(69)64-23-21-63(22-24-64)50(66)35-60-15-12-38(13-16-60)31-61-19-17-59(18-20-61)25-26-70-43-7-3-5-40(29-43)41-6-4-14-65(33-41)51(67)36-62-32-42-30-55-37-56-49(42)34-62/h1-3,5,7-11,27,29-30,37-38,41H,4,6,12-26,28,31-36H2,(H,58,68)/t41-/m1/s1. The van der Waals surface area contributed by atoms with Gasteiger partial charge in [0.15, 0.2) is 0 Å². The SMILES string of the molecule is O=C(CN1CCC(CN2CCN(CCOc3cccc([C@@H]4CCCN(C(=O)CN5Cc6cncnc6C5)C4)c3)CC2)CC1)N1CCN(C(=O)c2cc(Cc3n[nH]c(=O)c4ccccc34)ccc2F)CC1. The van der Waals surface area contributed by atoms with Gasteiger partial charge in [0.1, 0.15) is 24.5 Å². The second kappa shape index (κ2) is 21.9. The van der Waals surface area contributed by atoms with Crippen LogP contribution in [0.3, 0.4) is 0 Å². The maximum absolute atomic E-state index is 15.1. The van der Waals surface area contributed by atoms with Crippen LogP contribution in [0.2, 0.25) is 0 Å². The number of nitrogens with zero attached hydrogens (tertiary/aromatic N) is 10. The van der Waals surface area contributed by atoms with Crippen molar-refractivity contribution in [3.63, 3.8) is 0 Å². The van der Waals surface area contributed by atoms with Crippen LogP contribution in [0, 0.1) is 11.7 Å². The molecule has 0 aliphatic carbocycles. The molecule has 0 bridgehead atoms. The van der Waals surface area contributed by atoms with Crippen LogP contribution in [0.1, 0.15) is 70.0 Å². The quantitative estimate of drug-likeness (QED) is 0.172. The first-order valence-electron chi connectivity index (χ1n) is 25.2. The van der Waals surface area contributed by atoms with Gasteiger partial charge in [0, 0.05) is 121 Å². The van der Waals surface area contributed by atoms with Crippen molar-refractivity contribution < 1.29 is 23.5 Å². The van der Waals surface area contributed by atoms with Gasteiger partial charge < -0.3 is 24.3 Å². The highest BCUT2D eigenvalue weighted by atomic mass is 19.1.